The monoisotopic (exact) mass is 796 g/mol. The number of fused-ring (bicyclic) bond motifs is 5. The van der Waals surface area contributed by atoms with Gasteiger partial charge in [0, 0.05) is 28.1 Å². The molecule has 4 heteroatoms. The first kappa shape index (κ1) is 30.7. The van der Waals surface area contributed by atoms with Crippen LogP contribution in [0.15, 0.2) is 237 Å². The average molecular weight is 797 g/mol. The van der Waals surface area contributed by atoms with Gasteiger partial charge in [0.25, 0.3) is 6.33 Å². The number of aromatic nitrogens is 4. The average Bonchev–Trinajstić information content (AvgIpc) is 3.93. The van der Waals surface area contributed by atoms with Crippen LogP contribution in [-0.4, -0.2) is 14.1 Å². The van der Waals surface area contributed by atoms with Crippen LogP contribution in [0.4, 0.5) is 0 Å². The summed E-state index contributed by atoms with van der Waals surface area (Å²) in [6.07, 6.45) is 3.89. The Balaban J connectivity index is 1.07. The molecule has 0 spiro atoms. The van der Waals surface area contributed by atoms with Crippen molar-refractivity contribution < 1.29 is 11.4 Å². The van der Waals surface area contributed by atoms with Crippen LogP contribution in [0.1, 0.15) is 6.85 Å². The van der Waals surface area contributed by atoms with E-state index < -0.39 is 6.04 Å². The lowest BCUT2D eigenvalue weighted by molar-refractivity contribution is -0.566. The van der Waals surface area contributed by atoms with Gasteiger partial charge in [0.15, 0.2) is 11.0 Å². The van der Waals surface area contributed by atoms with Gasteiger partial charge in [-0.3, -0.25) is 4.57 Å². The first-order valence-electron chi connectivity index (χ1n) is 23.2. The van der Waals surface area contributed by atoms with Gasteiger partial charge < -0.3 is 0 Å². The van der Waals surface area contributed by atoms with Gasteiger partial charge in [-0.05, 0) is 105 Å². The second-order valence-corrected chi connectivity index (χ2v) is 15.5. The molecule has 0 atom stereocenters. The van der Waals surface area contributed by atoms with Gasteiger partial charge >= 0.3 is 0 Å². The summed E-state index contributed by atoms with van der Waals surface area (Å²) in [5, 5.41) is 4.61. The Morgan fingerprint density at radius 1 is 0.435 bits per heavy atom. The molecule has 0 saturated carbocycles. The van der Waals surface area contributed by atoms with E-state index in [9.17, 15) is 0 Å². The molecule has 0 unspecified atom stereocenters. The van der Waals surface area contributed by atoms with E-state index in [0.29, 0.717) is 11.3 Å². The Bertz CT molecular complexity index is 3910. The fraction of sp³-hybridized carbons (Fsp3) is 0. The molecule has 12 aromatic rings. The van der Waals surface area contributed by atoms with Crippen molar-refractivity contribution in [2.75, 3.05) is 0 Å². The van der Waals surface area contributed by atoms with Gasteiger partial charge in [0.1, 0.15) is 17.2 Å². The fourth-order valence-corrected chi connectivity index (χ4v) is 9.15. The first-order chi connectivity index (χ1) is 32.8. The third-order valence-corrected chi connectivity index (χ3v) is 11.9. The standard InChI is InChI=1S/C58H39N4/c1-3-17-40(18-4-1)47-26-16-27-48(41-19-5-2-6-20-41)58(47)61-39-60(54-29-11-12-30-55(54)61)46-24-15-23-44(35-46)51-36-42-21-7-8-22-43(42)37-52(51)45-32-33-50-49-25-9-10-28-53(49)62(56(50)38-45)57-31-13-14-34-59-57/h1-39H/q+1/i1D,3D,4D,17D,18D. The molecule has 9 aromatic carbocycles. The number of para-hydroxylation sites is 4. The molecule has 290 valence electrons. The second kappa shape index (κ2) is 14.7. The smallest absolute Gasteiger partial charge is 0.255 e. The molecule has 0 saturated heterocycles. The Morgan fingerprint density at radius 2 is 1.08 bits per heavy atom. The highest BCUT2D eigenvalue weighted by Gasteiger charge is 2.25. The van der Waals surface area contributed by atoms with E-state index in [2.05, 4.69) is 141 Å². The summed E-state index contributed by atoms with van der Waals surface area (Å²) in [7, 11) is 0. The van der Waals surface area contributed by atoms with Crippen LogP contribution in [0.2, 0.25) is 0 Å². The number of hydrogen-bond acceptors (Lipinski definition) is 1. The van der Waals surface area contributed by atoms with E-state index in [1.165, 1.54) is 5.39 Å². The predicted octanol–water partition coefficient (Wildman–Crippen LogP) is 14.2. The van der Waals surface area contributed by atoms with Crippen molar-refractivity contribution in [2.45, 2.75) is 0 Å². The van der Waals surface area contributed by atoms with E-state index in [0.717, 1.165) is 83.1 Å². The van der Waals surface area contributed by atoms with E-state index in [1.54, 1.807) is 0 Å². The van der Waals surface area contributed by atoms with Crippen molar-refractivity contribution >= 4 is 43.6 Å². The SMILES string of the molecule is [2H]c1c([2H])c([2H])c(-c2cccc(-c3ccccc3)c2-[n+]2cn(-c3cccc(-c4cc5ccccc5cc4-c4ccc5c6ccccc6n(-c6ccccn6)c5c4)c3)c3ccccc32)c([2H])c1[2H]. The molecule has 12 rings (SSSR count). The molecule has 0 aliphatic carbocycles. The minimum Gasteiger partial charge on any atom is -0.294 e. The molecular formula is C58H39N4+. The van der Waals surface area contributed by atoms with Crippen molar-refractivity contribution in [1.82, 2.24) is 14.1 Å². The summed E-state index contributed by atoms with van der Waals surface area (Å²) in [5.74, 6) is 0.861. The quantitative estimate of drug-likeness (QED) is 0.148. The summed E-state index contributed by atoms with van der Waals surface area (Å²) in [4.78, 5) is 4.79. The highest BCUT2D eigenvalue weighted by molar-refractivity contribution is 6.10. The molecule has 0 bridgehead atoms. The van der Waals surface area contributed by atoms with Gasteiger partial charge in [-0.25, -0.2) is 4.98 Å². The van der Waals surface area contributed by atoms with Crippen LogP contribution in [0.5, 0.6) is 0 Å². The third kappa shape index (κ3) is 5.92. The van der Waals surface area contributed by atoms with E-state index in [-0.39, 0.29) is 29.7 Å². The van der Waals surface area contributed by atoms with Crippen LogP contribution in [0.3, 0.4) is 0 Å². The zero-order valence-corrected chi connectivity index (χ0v) is 33.4. The summed E-state index contributed by atoms with van der Waals surface area (Å²) in [6.45, 7) is 0. The normalized spacial score (nSPS) is 12.7. The number of imidazole rings is 1. The number of nitrogens with zero attached hydrogens (tertiary/aromatic N) is 4. The van der Waals surface area contributed by atoms with Gasteiger partial charge in [-0.2, -0.15) is 9.13 Å². The molecule has 3 heterocycles. The number of rotatable bonds is 7. The second-order valence-electron chi connectivity index (χ2n) is 15.5. The molecule has 0 amide bonds. The summed E-state index contributed by atoms with van der Waals surface area (Å²) < 4.78 is 50.2. The largest absolute Gasteiger partial charge is 0.294 e. The van der Waals surface area contributed by atoms with E-state index in [4.69, 9.17) is 11.8 Å². The van der Waals surface area contributed by atoms with E-state index in [1.807, 2.05) is 79.0 Å². The van der Waals surface area contributed by atoms with Gasteiger partial charge in [0.2, 0.25) is 0 Å². The zero-order valence-electron chi connectivity index (χ0n) is 38.4. The molecule has 62 heavy (non-hydrogen) atoms. The molecule has 0 N–H and O–H groups in total. The molecule has 3 aromatic heterocycles. The summed E-state index contributed by atoms with van der Waals surface area (Å²) in [6, 6.07) is 65.2. The lowest BCUT2D eigenvalue weighted by atomic mass is 9.91. The van der Waals surface area contributed by atoms with Crippen molar-refractivity contribution in [2.24, 2.45) is 0 Å². The fourth-order valence-electron chi connectivity index (χ4n) is 9.15. The van der Waals surface area contributed by atoms with Gasteiger partial charge in [-0.1, -0.05) is 164 Å². The third-order valence-electron chi connectivity index (χ3n) is 11.9. The Morgan fingerprint density at radius 3 is 1.87 bits per heavy atom. The Hall–Kier alpha value is -8.34. The lowest BCUT2D eigenvalue weighted by Crippen LogP contribution is -2.30. The van der Waals surface area contributed by atoms with Crippen molar-refractivity contribution in [3.63, 3.8) is 0 Å². The molecule has 0 aliphatic heterocycles. The van der Waals surface area contributed by atoms with Crippen molar-refractivity contribution in [3.8, 4) is 61.7 Å². The maximum Gasteiger partial charge on any atom is 0.255 e. The van der Waals surface area contributed by atoms with Gasteiger partial charge in [-0.15, -0.1) is 0 Å². The predicted molar refractivity (Wildman–Crippen MR) is 256 cm³/mol. The number of benzene rings is 9. The first-order valence-corrected chi connectivity index (χ1v) is 20.7. The van der Waals surface area contributed by atoms with Crippen LogP contribution in [-0.2, 0) is 0 Å². The Kier molecular flexibility index (Phi) is 7.29. The molecule has 4 nitrogen and oxygen atoms in total. The maximum atomic E-state index is 9.07. The van der Waals surface area contributed by atoms with Crippen LogP contribution in [0.25, 0.3) is 105 Å². The molecule has 0 fully saturated rings. The van der Waals surface area contributed by atoms with Crippen LogP contribution < -0.4 is 4.57 Å². The number of pyridine rings is 1. The van der Waals surface area contributed by atoms with Crippen molar-refractivity contribution in [3.05, 3.63) is 237 Å². The maximum absolute atomic E-state index is 9.07. The Labute approximate surface area is 366 Å². The lowest BCUT2D eigenvalue weighted by Gasteiger charge is -2.14. The van der Waals surface area contributed by atoms with Crippen LogP contribution in [0, 0.1) is 0 Å². The van der Waals surface area contributed by atoms with E-state index >= 15 is 0 Å². The summed E-state index contributed by atoms with van der Waals surface area (Å²) in [5.41, 5.74) is 12.4. The number of hydrogen-bond donors (Lipinski definition) is 0. The molecule has 0 radical (unpaired) electrons. The van der Waals surface area contributed by atoms with Crippen molar-refractivity contribution in [1.29, 1.82) is 0 Å². The minimum absolute atomic E-state index is 0.146. The summed E-state index contributed by atoms with van der Waals surface area (Å²) >= 11 is 0. The minimum atomic E-state index is -0.425. The highest BCUT2D eigenvalue weighted by Crippen LogP contribution is 2.41. The topological polar surface area (TPSA) is 26.6 Å². The van der Waals surface area contributed by atoms with Crippen LogP contribution >= 0.6 is 0 Å². The molecular weight excluding hydrogens is 753 g/mol. The van der Waals surface area contributed by atoms with Gasteiger partial charge in [0.05, 0.1) is 17.9 Å². The highest BCUT2D eigenvalue weighted by atomic mass is 15.1. The zero-order chi connectivity index (χ0) is 45.3. The molecule has 0 aliphatic rings.